The van der Waals surface area contributed by atoms with E-state index in [1.54, 1.807) is 31.1 Å². The zero-order chi connectivity index (χ0) is 71.5. The topological polar surface area (TPSA) is 162 Å². The highest BCUT2D eigenvalue weighted by Gasteiger charge is 2.23. The molecule has 4 aromatic rings. The number of carbonyl (C=O) groups excluding carboxylic acids is 3. The number of aryl methyl sites for hydroxylation is 2. The van der Waals surface area contributed by atoms with Gasteiger partial charge in [0.05, 0.1) is 0 Å². The van der Waals surface area contributed by atoms with Gasteiger partial charge in [0.2, 0.25) is 0 Å². The summed E-state index contributed by atoms with van der Waals surface area (Å²) in [7, 11) is 7.36. The molecule has 0 aliphatic carbocycles. The van der Waals surface area contributed by atoms with Crippen LogP contribution < -0.4 is 16.0 Å². The number of ether oxygens (including phenoxy) is 3. The number of halogens is 5. The van der Waals surface area contributed by atoms with E-state index in [2.05, 4.69) is 167 Å². The lowest BCUT2D eigenvalue weighted by atomic mass is 9.93. The van der Waals surface area contributed by atoms with Crippen LogP contribution in [-0.4, -0.2) is 127 Å². The largest absolute Gasteiger partial charge is 0.444 e. The summed E-state index contributed by atoms with van der Waals surface area (Å²) in [6.07, 6.45) is 22.6. The van der Waals surface area contributed by atoms with Gasteiger partial charge in [0.15, 0.2) is 0 Å². The van der Waals surface area contributed by atoms with E-state index < -0.39 is 34.1 Å². The number of nitrogens with one attached hydrogen (secondary N) is 3. The van der Waals surface area contributed by atoms with Crippen LogP contribution in [0.4, 0.5) is 14.4 Å². The Morgan fingerprint density at radius 2 is 0.979 bits per heavy atom. The van der Waals surface area contributed by atoms with Crippen molar-refractivity contribution in [1.82, 2.24) is 25.8 Å². The van der Waals surface area contributed by atoms with Gasteiger partial charge in [0, 0.05) is 57.2 Å². The zero-order valence-electron chi connectivity index (χ0n) is 59.7. The molecular weight excluding hydrogens is 1470 g/mol. The van der Waals surface area contributed by atoms with E-state index in [4.69, 9.17) is 20.6 Å². The van der Waals surface area contributed by atoms with Gasteiger partial charge in [0.1, 0.15) is 28.0 Å². The number of terminal acetylenes is 1. The molecule has 4 aromatic carbocycles. The van der Waals surface area contributed by atoms with E-state index in [1.807, 2.05) is 157 Å². The number of carbonyl (C=O) groups is 3. The number of alkyl carbamates (subject to hydrolysis) is 1. The predicted octanol–water partition coefficient (Wildman–Crippen LogP) is 19.8. The maximum atomic E-state index is 11.7. The van der Waals surface area contributed by atoms with Gasteiger partial charge in [-0.3, -0.25) is 0 Å². The van der Waals surface area contributed by atoms with Crippen LogP contribution in [0.2, 0.25) is 0 Å². The van der Waals surface area contributed by atoms with Crippen molar-refractivity contribution in [2.24, 2.45) is 0 Å². The van der Waals surface area contributed by atoms with Crippen LogP contribution in [-0.2, 0) is 27.1 Å². The van der Waals surface area contributed by atoms with E-state index in [-0.39, 0.29) is 24.6 Å². The Kier molecular flexibility index (Phi) is 56.0. The fourth-order valence-corrected chi connectivity index (χ4v) is 9.68. The standard InChI is InChI=1S/C19H29NO.C15H20BrNO2.C10H14BrN.C9H17NO2.C9H16O.C8H15NO2.C6H4Br2.ClH/c1-4-12-19(21,13-5-2)14-11-18-9-6-8-17(16-18)10-7-15-20-3;1-15(2,3)19-14(18)17(4)10-6-8-12-7-5-9-13(16)11-12;1-12-7-3-5-9-4-2-6-10(11)8-9;1-6-7-10(5)8(11)12-9(2,3)4;1-4-7-9(10,6-3)8-5-2;1-5-6-9-7(10)11-8(2,3)4;7-5-2-1-3-6(8)4-5;/h6,8-9,16,20-21H,4-5,7,10,12-13,15H2,1-3H3;5-9,11H,10H2,1-4H3;2,4,6,8,12H,3,5,7H2,1H3;6H,1,7H2,2-5H3;3,10H,4-5,7-8H2,1-2H3;5H,1,6H2,2-4H3,(H,9,10);1-4H;1H/b;8-6+;;;;;;. The first-order valence-corrected chi connectivity index (χ1v) is 35.2. The van der Waals surface area contributed by atoms with Gasteiger partial charge in [-0.2, -0.15) is 0 Å². The van der Waals surface area contributed by atoms with Crippen LogP contribution >= 0.6 is 76.1 Å². The molecule has 0 spiro atoms. The molecule has 0 saturated carbocycles. The average Bonchev–Trinajstić information content (AvgIpc) is 1.05. The molecule has 13 nitrogen and oxygen atoms in total. The lowest BCUT2D eigenvalue weighted by Gasteiger charge is -2.23. The van der Waals surface area contributed by atoms with E-state index in [0.717, 1.165) is 108 Å². The van der Waals surface area contributed by atoms with Crippen molar-refractivity contribution in [3.8, 4) is 24.2 Å². The van der Waals surface area contributed by atoms with Crippen molar-refractivity contribution < 1.29 is 38.8 Å². The normalized spacial score (nSPS) is 10.7. The van der Waals surface area contributed by atoms with Crippen molar-refractivity contribution in [2.45, 2.75) is 195 Å². The zero-order valence-corrected chi connectivity index (χ0v) is 66.9. The fraction of sp³-hybridized carbons (Fsp3) is 0.513. The first-order valence-electron chi connectivity index (χ1n) is 32.0. The Bertz CT molecular complexity index is 2800. The van der Waals surface area contributed by atoms with E-state index in [9.17, 15) is 24.6 Å². The smallest absolute Gasteiger partial charge is 0.410 e. The van der Waals surface area contributed by atoms with Crippen LogP contribution in [0, 0.1) is 24.2 Å². The quantitative estimate of drug-likeness (QED) is 0.0209. The molecule has 0 aliphatic heterocycles. The summed E-state index contributed by atoms with van der Waals surface area (Å²) >= 11 is 13.5. The molecule has 0 aliphatic rings. The number of benzene rings is 4. The van der Waals surface area contributed by atoms with Gasteiger partial charge < -0.3 is 50.2 Å². The molecule has 0 fully saturated rings. The van der Waals surface area contributed by atoms with E-state index in [0.29, 0.717) is 19.6 Å². The van der Waals surface area contributed by atoms with Crippen molar-refractivity contribution in [3.05, 3.63) is 169 Å². The Hall–Kier alpha value is -4.92. The Morgan fingerprint density at radius 1 is 0.574 bits per heavy atom. The van der Waals surface area contributed by atoms with Gasteiger partial charge in [-0.25, -0.2) is 14.4 Å². The Morgan fingerprint density at radius 3 is 1.36 bits per heavy atom. The summed E-state index contributed by atoms with van der Waals surface area (Å²) in [4.78, 5) is 36.8. The molecule has 0 radical (unpaired) electrons. The highest BCUT2D eigenvalue weighted by molar-refractivity contribution is 9.11. The second-order valence-corrected chi connectivity index (χ2v) is 28.4. The fourth-order valence-electron chi connectivity index (χ4n) is 7.71. The highest BCUT2D eigenvalue weighted by Crippen LogP contribution is 2.21. The number of aliphatic hydroxyl groups is 2. The predicted molar refractivity (Wildman–Crippen MR) is 415 cm³/mol. The minimum absolute atomic E-state index is 0. The molecule has 0 bridgehead atoms. The van der Waals surface area contributed by atoms with Crippen molar-refractivity contribution >= 4 is 100 Å². The molecule has 94 heavy (non-hydrogen) atoms. The first kappa shape index (κ1) is 95.5. The molecule has 5 N–H and O–H groups in total. The van der Waals surface area contributed by atoms with Crippen molar-refractivity contribution in [1.29, 1.82) is 0 Å². The second-order valence-electron chi connectivity index (χ2n) is 24.8. The summed E-state index contributed by atoms with van der Waals surface area (Å²) in [5.41, 5.74) is 1.84. The lowest BCUT2D eigenvalue weighted by molar-refractivity contribution is 0.0307. The third-order valence-electron chi connectivity index (χ3n) is 11.9. The first-order chi connectivity index (χ1) is 43.5. The van der Waals surface area contributed by atoms with Crippen LogP contribution in [0.5, 0.6) is 0 Å². The minimum atomic E-state index is -0.830. The maximum absolute atomic E-state index is 11.7. The van der Waals surface area contributed by atoms with Gasteiger partial charge >= 0.3 is 18.3 Å². The van der Waals surface area contributed by atoms with Gasteiger partial charge in [0.25, 0.3) is 0 Å². The molecule has 0 saturated heterocycles. The molecule has 0 aromatic heterocycles. The lowest BCUT2D eigenvalue weighted by Crippen LogP contribution is -2.34. The maximum Gasteiger partial charge on any atom is 0.410 e. The number of rotatable bonds is 23. The number of amides is 3. The average molecular weight is 1580 g/mol. The summed E-state index contributed by atoms with van der Waals surface area (Å²) in [5.74, 6) is 8.71. The molecule has 0 unspecified atom stereocenters. The molecule has 3 amide bonds. The SMILES string of the molecule is Brc1cccc(Br)c1.C#CC(O)(CCC)CCC.C=CCN(C)C(=O)OC(C)(C)C.C=CCNC(=O)OC(C)(C)C.CCCC(O)(C#Cc1cccc(CCCNC)c1)CCC.CN(C/C=C/c1cccc(Br)c1)C(=O)OC(C)(C)C.CNCCCc1cccc(Br)c1.Cl. The second kappa shape index (κ2) is 55.1. The summed E-state index contributed by atoms with van der Waals surface area (Å²) in [5, 5.41) is 28.9. The minimum Gasteiger partial charge on any atom is -0.444 e. The molecular formula is C76H116Br4ClN5O8. The third-order valence-corrected chi connectivity index (χ3v) is 13.9. The van der Waals surface area contributed by atoms with Crippen molar-refractivity contribution in [3.63, 3.8) is 0 Å². The number of hydrogen-bond acceptors (Lipinski definition) is 10. The van der Waals surface area contributed by atoms with E-state index >= 15 is 0 Å². The number of hydrogen-bond donors (Lipinski definition) is 5. The van der Waals surface area contributed by atoms with Crippen LogP contribution in [0.3, 0.4) is 0 Å². The van der Waals surface area contributed by atoms with Gasteiger partial charge in [-0.05, 0) is 212 Å². The summed E-state index contributed by atoms with van der Waals surface area (Å²) in [6, 6.07) is 32.8. The van der Waals surface area contributed by atoms with Crippen LogP contribution in [0.15, 0.2) is 146 Å². The van der Waals surface area contributed by atoms with Gasteiger partial charge in [-0.15, -0.1) is 32.0 Å². The highest BCUT2D eigenvalue weighted by atomic mass is 79.9. The monoisotopic (exact) mass is 1580 g/mol. The summed E-state index contributed by atoms with van der Waals surface area (Å²) < 4.78 is 19.7. The van der Waals surface area contributed by atoms with Gasteiger partial charge in [-0.1, -0.05) is 202 Å². The van der Waals surface area contributed by atoms with Crippen LogP contribution in [0.1, 0.15) is 176 Å². The van der Waals surface area contributed by atoms with E-state index in [1.165, 1.54) is 26.9 Å². The molecule has 528 valence electrons. The molecule has 0 heterocycles. The Labute approximate surface area is 609 Å². The molecule has 0 atom stereocenters. The number of nitrogens with zero attached hydrogens (tertiary/aromatic N) is 2. The van der Waals surface area contributed by atoms with Crippen LogP contribution in [0.25, 0.3) is 6.08 Å². The number of likely N-dealkylation sites (N-methyl/N-ethyl adjacent to an activating group) is 2. The third kappa shape index (κ3) is 57.3. The molecule has 18 heteroatoms. The summed E-state index contributed by atoms with van der Waals surface area (Å²) in [6.45, 7) is 35.4. The van der Waals surface area contributed by atoms with Crippen molar-refractivity contribution in [2.75, 3.05) is 60.9 Å². The molecule has 4 rings (SSSR count). The Balaban J connectivity index is -0.000000514.